The number of benzene rings is 1. The van der Waals surface area contributed by atoms with Gasteiger partial charge in [-0.15, -0.1) is 0 Å². The lowest BCUT2D eigenvalue weighted by atomic mass is 10.2. The van der Waals surface area contributed by atoms with Crippen LogP contribution in [0.4, 0.5) is 4.79 Å². The molecule has 0 aliphatic rings. The van der Waals surface area contributed by atoms with Gasteiger partial charge in [-0.3, -0.25) is 4.57 Å². The first-order chi connectivity index (χ1) is 7.24. The van der Waals surface area contributed by atoms with Gasteiger partial charge in [0.1, 0.15) is 0 Å². The van der Waals surface area contributed by atoms with Crippen LogP contribution in [-0.2, 0) is 4.74 Å². The highest BCUT2D eigenvalue weighted by atomic mass is 35.5. The van der Waals surface area contributed by atoms with E-state index in [1.165, 1.54) is 4.57 Å². The molecule has 0 spiro atoms. The van der Waals surface area contributed by atoms with E-state index in [9.17, 15) is 4.79 Å². The van der Waals surface area contributed by atoms with Gasteiger partial charge < -0.3 is 4.74 Å². The Morgan fingerprint density at radius 3 is 3.00 bits per heavy atom. The van der Waals surface area contributed by atoms with Crippen LogP contribution in [0.2, 0.25) is 5.02 Å². The van der Waals surface area contributed by atoms with Crippen molar-refractivity contribution in [2.24, 2.45) is 0 Å². The van der Waals surface area contributed by atoms with Gasteiger partial charge >= 0.3 is 6.09 Å². The molecule has 0 aliphatic heterocycles. The highest BCUT2D eigenvalue weighted by Gasteiger charge is 2.10. The van der Waals surface area contributed by atoms with Crippen molar-refractivity contribution in [1.82, 2.24) is 4.57 Å². The van der Waals surface area contributed by atoms with Crippen molar-refractivity contribution in [3.8, 4) is 0 Å². The fourth-order valence-corrected chi connectivity index (χ4v) is 1.71. The molecule has 0 atom stereocenters. The minimum absolute atomic E-state index is 0.360. The normalized spacial score (nSPS) is 10.5. The fraction of sp³-hybridized carbons (Fsp3) is 0.182. The Morgan fingerprint density at radius 2 is 2.27 bits per heavy atom. The molecule has 0 bridgehead atoms. The summed E-state index contributed by atoms with van der Waals surface area (Å²) in [4.78, 5) is 11.5. The second kappa shape index (κ2) is 3.95. The minimum atomic E-state index is -0.380. The maximum absolute atomic E-state index is 11.5. The van der Waals surface area contributed by atoms with E-state index in [1.807, 2.05) is 6.07 Å². The van der Waals surface area contributed by atoms with Gasteiger partial charge in [-0.2, -0.15) is 0 Å². The van der Waals surface area contributed by atoms with E-state index in [2.05, 4.69) is 0 Å². The molecular weight excluding hydrogens is 214 g/mol. The van der Waals surface area contributed by atoms with Gasteiger partial charge in [0.15, 0.2) is 0 Å². The molecule has 0 aliphatic carbocycles. The molecule has 1 aromatic heterocycles. The number of hydrogen-bond donors (Lipinski definition) is 0. The Hall–Kier alpha value is -1.48. The third-order valence-electron chi connectivity index (χ3n) is 2.14. The summed E-state index contributed by atoms with van der Waals surface area (Å²) in [5.74, 6) is 0. The first-order valence-electron chi connectivity index (χ1n) is 4.66. The number of halogens is 1. The van der Waals surface area contributed by atoms with Crippen molar-refractivity contribution in [2.75, 3.05) is 6.61 Å². The highest BCUT2D eigenvalue weighted by Crippen LogP contribution is 2.24. The molecule has 1 heterocycles. The van der Waals surface area contributed by atoms with E-state index in [4.69, 9.17) is 16.3 Å². The lowest BCUT2D eigenvalue weighted by molar-refractivity contribution is 0.155. The van der Waals surface area contributed by atoms with Gasteiger partial charge in [-0.25, -0.2) is 4.79 Å². The van der Waals surface area contributed by atoms with Crippen LogP contribution in [-0.4, -0.2) is 17.3 Å². The summed E-state index contributed by atoms with van der Waals surface area (Å²) >= 11 is 5.99. The lowest BCUT2D eigenvalue weighted by Gasteiger charge is -2.03. The van der Waals surface area contributed by atoms with E-state index >= 15 is 0 Å². The smallest absolute Gasteiger partial charge is 0.418 e. The summed E-state index contributed by atoms with van der Waals surface area (Å²) in [6, 6.07) is 7.23. The summed E-state index contributed by atoms with van der Waals surface area (Å²) < 4.78 is 6.36. The van der Waals surface area contributed by atoms with Gasteiger partial charge in [0.05, 0.1) is 12.1 Å². The molecule has 0 saturated heterocycles. The monoisotopic (exact) mass is 223 g/mol. The van der Waals surface area contributed by atoms with E-state index in [0.29, 0.717) is 11.6 Å². The molecule has 15 heavy (non-hydrogen) atoms. The van der Waals surface area contributed by atoms with E-state index in [-0.39, 0.29) is 6.09 Å². The number of fused-ring (bicyclic) bond motifs is 1. The van der Waals surface area contributed by atoms with Gasteiger partial charge in [-0.1, -0.05) is 17.7 Å². The zero-order valence-electron chi connectivity index (χ0n) is 8.24. The van der Waals surface area contributed by atoms with Crippen LogP contribution in [0.3, 0.4) is 0 Å². The predicted molar refractivity (Wildman–Crippen MR) is 59.4 cm³/mol. The molecule has 0 N–H and O–H groups in total. The lowest BCUT2D eigenvalue weighted by Crippen LogP contribution is -2.11. The fourth-order valence-electron chi connectivity index (χ4n) is 1.48. The van der Waals surface area contributed by atoms with E-state index < -0.39 is 0 Å². The molecule has 2 aromatic rings. The number of aromatic nitrogens is 1. The van der Waals surface area contributed by atoms with Crippen molar-refractivity contribution >= 4 is 28.6 Å². The minimum Gasteiger partial charge on any atom is -0.449 e. The third kappa shape index (κ3) is 1.70. The van der Waals surface area contributed by atoms with Gasteiger partial charge in [0.2, 0.25) is 0 Å². The molecule has 78 valence electrons. The zero-order chi connectivity index (χ0) is 10.8. The Morgan fingerprint density at radius 1 is 1.47 bits per heavy atom. The zero-order valence-corrected chi connectivity index (χ0v) is 8.99. The van der Waals surface area contributed by atoms with Crippen LogP contribution in [0.15, 0.2) is 30.5 Å². The van der Waals surface area contributed by atoms with Crippen LogP contribution in [0.5, 0.6) is 0 Å². The van der Waals surface area contributed by atoms with Crippen LogP contribution >= 0.6 is 11.6 Å². The molecule has 0 radical (unpaired) electrons. The van der Waals surface area contributed by atoms with Gasteiger partial charge in [-0.05, 0) is 25.1 Å². The number of hydrogen-bond acceptors (Lipinski definition) is 2. The Bertz CT molecular complexity index is 504. The molecule has 3 nitrogen and oxygen atoms in total. The van der Waals surface area contributed by atoms with Gasteiger partial charge in [0.25, 0.3) is 0 Å². The van der Waals surface area contributed by atoms with Gasteiger partial charge in [0, 0.05) is 16.6 Å². The van der Waals surface area contributed by atoms with Crippen molar-refractivity contribution in [3.05, 3.63) is 35.5 Å². The molecule has 0 unspecified atom stereocenters. The van der Waals surface area contributed by atoms with Crippen molar-refractivity contribution in [3.63, 3.8) is 0 Å². The summed E-state index contributed by atoms with van der Waals surface area (Å²) in [6.45, 7) is 2.13. The molecule has 4 heteroatoms. The summed E-state index contributed by atoms with van der Waals surface area (Å²) in [5.41, 5.74) is 0.765. The van der Waals surface area contributed by atoms with Crippen molar-refractivity contribution in [2.45, 2.75) is 6.92 Å². The second-order valence-electron chi connectivity index (χ2n) is 3.06. The predicted octanol–water partition coefficient (Wildman–Crippen LogP) is 3.30. The molecule has 1 aromatic carbocycles. The third-order valence-corrected chi connectivity index (χ3v) is 2.47. The first kappa shape index (κ1) is 10.1. The number of ether oxygens (including phenoxy) is 1. The number of nitrogens with zero attached hydrogens (tertiary/aromatic N) is 1. The first-order valence-corrected chi connectivity index (χ1v) is 5.04. The summed E-state index contributed by atoms with van der Waals surface area (Å²) in [5, 5.41) is 1.49. The second-order valence-corrected chi connectivity index (χ2v) is 3.46. The van der Waals surface area contributed by atoms with E-state index in [1.54, 1.807) is 31.3 Å². The quantitative estimate of drug-likeness (QED) is 0.743. The molecule has 0 saturated carbocycles. The van der Waals surface area contributed by atoms with Crippen LogP contribution in [0.25, 0.3) is 10.9 Å². The number of carbonyl (C=O) groups excluding carboxylic acids is 1. The molecule has 0 fully saturated rings. The van der Waals surface area contributed by atoms with Crippen LogP contribution in [0.1, 0.15) is 6.92 Å². The Kier molecular flexibility index (Phi) is 2.64. The van der Waals surface area contributed by atoms with Crippen molar-refractivity contribution < 1.29 is 9.53 Å². The Labute approximate surface area is 92.2 Å². The number of carbonyl (C=O) groups is 1. The van der Waals surface area contributed by atoms with E-state index in [0.717, 1.165) is 10.9 Å². The van der Waals surface area contributed by atoms with Crippen molar-refractivity contribution in [1.29, 1.82) is 0 Å². The highest BCUT2D eigenvalue weighted by molar-refractivity contribution is 6.35. The summed E-state index contributed by atoms with van der Waals surface area (Å²) in [6.07, 6.45) is 1.28. The molecule has 0 amide bonds. The largest absolute Gasteiger partial charge is 0.449 e. The maximum atomic E-state index is 11.5. The van der Waals surface area contributed by atoms with Crippen LogP contribution < -0.4 is 0 Å². The average molecular weight is 224 g/mol. The SMILES string of the molecule is CCOC(=O)n1ccc2c(Cl)cccc21. The number of rotatable bonds is 1. The molecular formula is C11H10ClNO2. The standard InChI is InChI=1S/C11H10ClNO2/c1-2-15-11(14)13-7-6-8-9(12)4-3-5-10(8)13/h3-7H,2H2,1H3. The van der Waals surface area contributed by atoms with Crippen LogP contribution in [0, 0.1) is 0 Å². The maximum Gasteiger partial charge on any atom is 0.418 e. The average Bonchev–Trinajstić information content (AvgIpc) is 2.63. The summed E-state index contributed by atoms with van der Waals surface area (Å²) in [7, 11) is 0. The topological polar surface area (TPSA) is 31.2 Å². The Balaban J connectivity index is 2.54. The molecule has 2 rings (SSSR count).